The van der Waals surface area contributed by atoms with Crippen LogP contribution in [-0.4, -0.2) is 49.1 Å². The van der Waals surface area contributed by atoms with Crippen LogP contribution in [0.2, 0.25) is 0 Å². The number of furan rings is 1. The Labute approximate surface area is 137 Å². The predicted molar refractivity (Wildman–Crippen MR) is 83.4 cm³/mol. The molecule has 0 spiro atoms. The number of nitrogens with zero attached hydrogens (tertiary/aromatic N) is 2. The molecule has 0 saturated heterocycles. The molecule has 8 heteroatoms. The Kier molecular flexibility index (Phi) is 6.30. The molecule has 0 saturated carbocycles. The van der Waals surface area contributed by atoms with Crippen LogP contribution in [0.15, 0.2) is 28.2 Å². The van der Waals surface area contributed by atoms with Gasteiger partial charge in [0.25, 0.3) is 5.91 Å². The summed E-state index contributed by atoms with van der Waals surface area (Å²) in [6.07, 6.45) is 2.15. The lowest BCUT2D eigenvalue weighted by Gasteiger charge is -2.20. The van der Waals surface area contributed by atoms with Gasteiger partial charge in [-0.05, 0) is 18.6 Å². The lowest BCUT2D eigenvalue weighted by Crippen LogP contribution is -2.31. The van der Waals surface area contributed by atoms with E-state index in [2.05, 4.69) is 9.72 Å². The fourth-order valence-electron chi connectivity index (χ4n) is 1.95. The van der Waals surface area contributed by atoms with Crippen LogP contribution in [0.4, 0.5) is 0 Å². The van der Waals surface area contributed by atoms with Crippen LogP contribution in [0.25, 0.3) is 0 Å². The number of esters is 1. The Hall–Kier alpha value is -2.19. The zero-order chi connectivity index (χ0) is 16.7. The number of rotatable bonds is 8. The molecule has 0 radical (unpaired) electrons. The molecule has 0 N–H and O–H groups in total. The van der Waals surface area contributed by atoms with Crippen LogP contribution in [0, 0.1) is 0 Å². The van der Waals surface area contributed by atoms with Gasteiger partial charge in [0.15, 0.2) is 11.5 Å². The maximum Gasteiger partial charge on any atom is 0.357 e. The monoisotopic (exact) mass is 338 g/mol. The highest BCUT2D eigenvalue weighted by Gasteiger charge is 2.20. The second-order valence-electron chi connectivity index (χ2n) is 4.67. The van der Waals surface area contributed by atoms with Crippen LogP contribution in [-0.2, 0) is 16.0 Å². The highest BCUT2D eigenvalue weighted by molar-refractivity contribution is 7.09. The second-order valence-corrected chi connectivity index (χ2v) is 5.61. The van der Waals surface area contributed by atoms with Gasteiger partial charge in [-0.25, -0.2) is 9.78 Å². The van der Waals surface area contributed by atoms with Crippen LogP contribution < -0.4 is 0 Å². The molecule has 2 aromatic rings. The number of carbonyl (C=O) groups excluding carboxylic acids is 2. The normalized spacial score (nSPS) is 10.5. The van der Waals surface area contributed by atoms with Gasteiger partial charge in [-0.15, -0.1) is 11.3 Å². The van der Waals surface area contributed by atoms with E-state index in [0.717, 1.165) is 0 Å². The van der Waals surface area contributed by atoms with Crippen molar-refractivity contribution in [1.82, 2.24) is 9.88 Å². The zero-order valence-corrected chi connectivity index (χ0v) is 13.8. The standard InChI is InChI=1S/C15H18N2O5S/c1-20-7-4-6-17(14(18)12-5-3-8-22-12)9-13-16-11(10-23-13)15(19)21-2/h3,5,8,10H,4,6-7,9H2,1-2H3. The van der Waals surface area contributed by atoms with Gasteiger partial charge in [0.1, 0.15) is 5.01 Å². The summed E-state index contributed by atoms with van der Waals surface area (Å²) in [5.74, 6) is -0.441. The molecule has 0 aliphatic carbocycles. The molecule has 0 aliphatic heterocycles. The smallest absolute Gasteiger partial charge is 0.357 e. The average molecular weight is 338 g/mol. The number of methoxy groups -OCH3 is 2. The van der Waals surface area contributed by atoms with Crippen molar-refractivity contribution in [3.05, 3.63) is 40.2 Å². The predicted octanol–water partition coefficient (Wildman–Crippen LogP) is 2.20. The molecule has 1 amide bonds. The summed E-state index contributed by atoms with van der Waals surface area (Å²) in [6.45, 7) is 1.35. The molecule has 0 aromatic carbocycles. The van der Waals surface area contributed by atoms with E-state index in [-0.39, 0.29) is 17.4 Å². The van der Waals surface area contributed by atoms with Gasteiger partial charge in [0.2, 0.25) is 0 Å². The lowest BCUT2D eigenvalue weighted by molar-refractivity contribution is 0.0594. The van der Waals surface area contributed by atoms with Crippen molar-refractivity contribution >= 4 is 23.2 Å². The summed E-state index contributed by atoms with van der Waals surface area (Å²) in [5.41, 5.74) is 0.245. The van der Waals surface area contributed by atoms with Crippen LogP contribution in [0.5, 0.6) is 0 Å². The third-order valence-corrected chi connectivity index (χ3v) is 3.90. The Morgan fingerprint density at radius 2 is 2.22 bits per heavy atom. The first kappa shape index (κ1) is 17.2. The molecule has 0 unspecified atom stereocenters. The molecule has 2 heterocycles. The average Bonchev–Trinajstić information content (AvgIpc) is 3.24. The van der Waals surface area contributed by atoms with Gasteiger partial charge in [-0.2, -0.15) is 0 Å². The molecular formula is C15H18N2O5S. The molecule has 2 aromatic heterocycles. The highest BCUT2D eigenvalue weighted by Crippen LogP contribution is 2.16. The number of ether oxygens (including phenoxy) is 2. The van der Waals surface area contributed by atoms with Gasteiger partial charge in [-0.3, -0.25) is 4.79 Å². The molecule has 2 rings (SSSR count). The first-order chi connectivity index (χ1) is 11.2. The third-order valence-electron chi connectivity index (χ3n) is 3.07. The maximum atomic E-state index is 12.5. The van der Waals surface area contributed by atoms with E-state index < -0.39 is 5.97 Å². The molecule has 124 valence electrons. The van der Waals surface area contributed by atoms with Crippen molar-refractivity contribution in [2.75, 3.05) is 27.4 Å². The molecule has 23 heavy (non-hydrogen) atoms. The van der Waals surface area contributed by atoms with Gasteiger partial charge < -0.3 is 18.8 Å². The van der Waals surface area contributed by atoms with E-state index in [4.69, 9.17) is 9.15 Å². The zero-order valence-electron chi connectivity index (χ0n) is 13.0. The van der Waals surface area contributed by atoms with E-state index >= 15 is 0 Å². The molecular weight excluding hydrogens is 320 g/mol. The van der Waals surface area contributed by atoms with E-state index in [1.165, 1.54) is 24.7 Å². The van der Waals surface area contributed by atoms with Crippen LogP contribution in [0.1, 0.15) is 32.5 Å². The van der Waals surface area contributed by atoms with Crippen LogP contribution in [0.3, 0.4) is 0 Å². The minimum atomic E-state index is -0.490. The van der Waals surface area contributed by atoms with Gasteiger partial charge in [0.05, 0.1) is 19.9 Å². The first-order valence-electron chi connectivity index (χ1n) is 7.00. The number of hydrogen-bond donors (Lipinski definition) is 0. The third kappa shape index (κ3) is 4.64. The molecule has 0 aliphatic rings. The Balaban J connectivity index is 2.08. The summed E-state index contributed by atoms with van der Waals surface area (Å²) in [7, 11) is 2.92. The minimum Gasteiger partial charge on any atom is -0.464 e. The summed E-state index contributed by atoms with van der Waals surface area (Å²) in [5, 5.41) is 2.27. The maximum absolute atomic E-state index is 12.5. The highest BCUT2D eigenvalue weighted by atomic mass is 32.1. The van der Waals surface area contributed by atoms with Gasteiger partial charge >= 0.3 is 5.97 Å². The number of amides is 1. The van der Waals surface area contributed by atoms with Crippen molar-refractivity contribution in [1.29, 1.82) is 0 Å². The number of aromatic nitrogens is 1. The molecule has 7 nitrogen and oxygen atoms in total. The SMILES string of the molecule is COCCCN(Cc1nc(C(=O)OC)cs1)C(=O)c1ccco1. The summed E-state index contributed by atoms with van der Waals surface area (Å²) in [4.78, 5) is 29.8. The molecule has 0 atom stereocenters. The van der Waals surface area contributed by atoms with Crippen molar-refractivity contribution < 1.29 is 23.5 Å². The van der Waals surface area contributed by atoms with Crippen LogP contribution >= 0.6 is 11.3 Å². The van der Waals surface area contributed by atoms with Crippen molar-refractivity contribution in [2.24, 2.45) is 0 Å². The van der Waals surface area contributed by atoms with Crippen molar-refractivity contribution in [3.8, 4) is 0 Å². The van der Waals surface area contributed by atoms with Crippen molar-refractivity contribution in [2.45, 2.75) is 13.0 Å². The molecule has 0 bridgehead atoms. The van der Waals surface area contributed by atoms with Gasteiger partial charge in [-0.1, -0.05) is 0 Å². The number of thiazole rings is 1. The lowest BCUT2D eigenvalue weighted by atomic mass is 10.3. The van der Waals surface area contributed by atoms with E-state index in [9.17, 15) is 9.59 Å². The largest absolute Gasteiger partial charge is 0.464 e. The summed E-state index contributed by atoms with van der Waals surface area (Å²) < 4.78 is 14.8. The quantitative estimate of drug-likeness (QED) is 0.542. The van der Waals surface area contributed by atoms with Crippen molar-refractivity contribution in [3.63, 3.8) is 0 Å². The minimum absolute atomic E-state index is 0.221. The molecule has 0 fully saturated rings. The topological polar surface area (TPSA) is 81.9 Å². The Morgan fingerprint density at radius 3 is 2.87 bits per heavy atom. The second kappa shape index (κ2) is 8.44. The van der Waals surface area contributed by atoms with E-state index in [0.29, 0.717) is 31.1 Å². The fourth-order valence-corrected chi connectivity index (χ4v) is 2.73. The van der Waals surface area contributed by atoms with E-state index in [1.54, 1.807) is 29.5 Å². The Bertz CT molecular complexity index is 638. The number of hydrogen-bond acceptors (Lipinski definition) is 7. The van der Waals surface area contributed by atoms with Gasteiger partial charge in [0, 0.05) is 25.6 Å². The summed E-state index contributed by atoms with van der Waals surface area (Å²) >= 11 is 1.31. The Morgan fingerprint density at radius 1 is 1.39 bits per heavy atom. The first-order valence-corrected chi connectivity index (χ1v) is 7.88. The summed E-state index contributed by atoms with van der Waals surface area (Å²) in [6, 6.07) is 3.28. The number of carbonyl (C=O) groups is 2. The fraction of sp³-hybridized carbons (Fsp3) is 0.400. The van der Waals surface area contributed by atoms with E-state index in [1.807, 2.05) is 0 Å².